The molecule has 1 rings (SSSR count). The second-order valence-electron chi connectivity index (χ2n) is 3.54. The van der Waals surface area contributed by atoms with E-state index in [0.29, 0.717) is 6.07 Å². The lowest BCUT2D eigenvalue weighted by molar-refractivity contribution is -0.138. The van der Waals surface area contributed by atoms with Gasteiger partial charge in [-0.1, -0.05) is 6.07 Å². The largest absolute Gasteiger partial charge is 0.478 e. The number of carboxylic acids is 1. The van der Waals surface area contributed by atoms with Crippen molar-refractivity contribution < 1.29 is 27.9 Å². The fourth-order valence-electron chi connectivity index (χ4n) is 1.48. The Morgan fingerprint density at radius 3 is 2.28 bits per heavy atom. The van der Waals surface area contributed by atoms with Crippen molar-refractivity contribution in [3.05, 3.63) is 34.9 Å². The normalized spacial score (nSPS) is 13.2. The summed E-state index contributed by atoms with van der Waals surface area (Å²) in [6.07, 6.45) is -4.77. The summed E-state index contributed by atoms with van der Waals surface area (Å²) in [6, 6.07) is 2.63. The number of Topliss-reactive ketones (excluding diaryl/α,β-unsaturated/α-hetero) is 1. The molecule has 0 saturated carbocycles. The molecule has 0 spiro atoms. The van der Waals surface area contributed by atoms with Crippen molar-refractivity contribution >= 4 is 23.4 Å². The van der Waals surface area contributed by atoms with E-state index in [-0.39, 0.29) is 0 Å². The highest BCUT2D eigenvalue weighted by molar-refractivity contribution is 6.31. The van der Waals surface area contributed by atoms with E-state index in [9.17, 15) is 22.8 Å². The van der Waals surface area contributed by atoms with Gasteiger partial charge in [-0.25, -0.2) is 4.79 Å². The van der Waals surface area contributed by atoms with Gasteiger partial charge in [-0.2, -0.15) is 13.2 Å². The number of alkyl halides is 4. The summed E-state index contributed by atoms with van der Waals surface area (Å²) in [5.74, 6) is -2.32. The van der Waals surface area contributed by atoms with Crippen LogP contribution in [-0.2, 0) is 11.0 Å². The topological polar surface area (TPSA) is 54.4 Å². The smallest absolute Gasteiger partial charge is 0.416 e. The zero-order valence-corrected chi connectivity index (χ0v) is 9.84. The van der Waals surface area contributed by atoms with Crippen LogP contribution < -0.4 is 0 Å². The molecule has 1 aromatic rings. The van der Waals surface area contributed by atoms with Crippen molar-refractivity contribution in [2.75, 3.05) is 0 Å². The van der Waals surface area contributed by atoms with Gasteiger partial charge in [0.1, 0.15) is 5.38 Å². The number of benzene rings is 1. The van der Waals surface area contributed by atoms with E-state index >= 15 is 0 Å². The van der Waals surface area contributed by atoms with Gasteiger partial charge in [-0.05, 0) is 19.1 Å². The summed E-state index contributed by atoms with van der Waals surface area (Å²) in [5, 5.41) is 7.20. The molecule has 0 aliphatic heterocycles. The van der Waals surface area contributed by atoms with Crippen molar-refractivity contribution in [1.29, 1.82) is 0 Å². The van der Waals surface area contributed by atoms with E-state index < -0.39 is 40.0 Å². The minimum absolute atomic E-state index is 0.625. The first-order valence-corrected chi connectivity index (χ1v) is 5.17. The average Bonchev–Trinajstić information content (AvgIpc) is 2.25. The summed E-state index contributed by atoms with van der Waals surface area (Å²) < 4.78 is 38.3. The van der Waals surface area contributed by atoms with Crippen LogP contribution in [0.1, 0.15) is 33.8 Å². The van der Waals surface area contributed by atoms with Crippen LogP contribution in [0.2, 0.25) is 0 Å². The molecule has 1 N–H and O–H groups in total. The van der Waals surface area contributed by atoms with Crippen LogP contribution in [0.25, 0.3) is 0 Å². The Morgan fingerprint density at radius 1 is 1.33 bits per heavy atom. The average molecular weight is 281 g/mol. The molecule has 18 heavy (non-hydrogen) atoms. The van der Waals surface area contributed by atoms with Gasteiger partial charge < -0.3 is 5.11 Å². The molecule has 1 aromatic carbocycles. The van der Waals surface area contributed by atoms with Crippen molar-refractivity contribution in [3.8, 4) is 0 Å². The van der Waals surface area contributed by atoms with Crippen LogP contribution in [0, 0.1) is 0 Å². The SMILES string of the molecule is CC(=O)C(Cl)c1c(C(=O)O)cccc1C(F)(F)F. The highest BCUT2D eigenvalue weighted by Crippen LogP contribution is 2.38. The summed E-state index contributed by atoms with van der Waals surface area (Å²) in [5.41, 5.74) is -2.55. The molecule has 0 saturated heterocycles. The molecule has 1 atom stereocenters. The highest BCUT2D eigenvalue weighted by Gasteiger charge is 2.38. The number of carboxylic acid groups (broad SMARTS) is 1. The third kappa shape index (κ3) is 2.81. The summed E-state index contributed by atoms with van der Waals surface area (Å²) in [4.78, 5) is 22.0. The van der Waals surface area contributed by atoms with Crippen molar-refractivity contribution in [2.24, 2.45) is 0 Å². The molecule has 0 aromatic heterocycles. The van der Waals surface area contributed by atoms with E-state index in [1.165, 1.54) is 0 Å². The van der Waals surface area contributed by atoms with Gasteiger partial charge in [-0.3, -0.25) is 4.79 Å². The number of rotatable bonds is 3. The molecule has 3 nitrogen and oxygen atoms in total. The number of carbonyl (C=O) groups is 2. The van der Waals surface area contributed by atoms with Crippen molar-refractivity contribution in [2.45, 2.75) is 18.5 Å². The number of ketones is 1. The van der Waals surface area contributed by atoms with Gasteiger partial charge >= 0.3 is 12.1 Å². The van der Waals surface area contributed by atoms with E-state index in [0.717, 1.165) is 19.1 Å². The minimum atomic E-state index is -4.77. The van der Waals surface area contributed by atoms with Gasteiger partial charge in [0.25, 0.3) is 0 Å². The Labute approximate surface area is 105 Å². The molecule has 0 bridgehead atoms. The molecule has 98 valence electrons. The maximum Gasteiger partial charge on any atom is 0.416 e. The second kappa shape index (κ2) is 4.97. The van der Waals surface area contributed by atoms with Crippen LogP contribution in [0.5, 0.6) is 0 Å². The first kappa shape index (κ1) is 14.5. The Bertz CT molecular complexity index is 497. The number of carbonyl (C=O) groups excluding carboxylic acids is 1. The first-order valence-electron chi connectivity index (χ1n) is 4.74. The fourth-order valence-corrected chi connectivity index (χ4v) is 1.71. The van der Waals surface area contributed by atoms with E-state index in [1.54, 1.807) is 0 Å². The van der Waals surface area contributed by atoms with E-state index in [2.05, 4.69) is 0 Å². The number of hydrogen-bond acceptors (Lipinski definition) is 2. The van der Waals surface area contributed by atoms with Gasteiger partial charge in [0.15, 0.2) is 5.78 Å². The summed E-state index contributed by atoms with van der Waals surface area (Å²) >= 11 is 5.59. The third-order valence-corrected chi connectivity index (χ3v) is 2.78. The number of hydrogen-bond donors (Lipinski definition) is 1. The van der Waals surface area contributed by atoms with Crippen LogP contribution in [0.3, 0.4) is 0 Å². The van der Waals surface area contributed by atoms with Crippen molar-refractivity contribution in [3.63, 3.8) is 0 Å². The van der Waals surface area contributed by atoms with Crippen LogP contribution >= 0.6 is 11.6 Å². The quantitative estimate of drug-likeness (QED) is 0.865. The van der Waals surface area contributed by atoms with Crippen LogP contribution in [0.4, 0.5) is 13.2 Å². The number of aromatic carboxylic acids is 1. The van der Waals surface area contributed by atoms with Crippen molar-refractivity contribution in [1.82, 2.24) is 0 Å². The zero-order chi connectivity index (χ0) is 14.1. The lowest BCUT2D eigenvalue weighted by Crippen LogP contribution is -2.17. The van der Waals surface area contributed by atoms with Gasteiger partial charge in [0.2, 0.25) is 0 Å². The lowest BCUT2D eigenvalue weighted by atomic mass is 9.96. The molecule has 0 fully saturated rings. The van der Waals surface area contributed by atoms with E-state index in [1.807, 2.05) is 0 Å². The molecule has 7 heteroatoms. The van der Waals surface area contributed by atoms with Gasteiger partial charge in [0, 0.05) is 5.56 Å². The summed E-state index contributed by atoms with van der Waals surface area (Å²) in [6.45, 7) is 0.996. The lowest BCUT2D eigenvalue weighted by Gasteiger charge is -2.17. The molecule has 0 amide bonds. The molecular weight excluding hydrogens is 273 g/mol. The first-order chi connectivity index (χ1) is 8.16. The fraction of sp³-hybridized carbons (Fsp3) is 0.273. The predicted octanol–water partition coefficient (Wildman–Crippen LogP) is 3.27. The second-order valence-corrected chi connectivity index (χ2v) is 3.98. The third-order valence-electron chi connectivity index (χ3n) is 2.25. The summed E-state index contributed by atoms with van der Waals surface area (Å²) in [7, 11) is 0. The predicted molar refractivity (Wildman–Crippen MR) is 57.7 cm³/mol. The Hall–Kier alpha value is -1.56. The van der Waals surface area contributed by atoms with Gasteiger partial charge in [-0.15, -0.1) is 11.6 Å². The Balaban J connectivity index is 3.59. The Morgan fingerprint density at radius 2 is 1.89 bits per heavy atom. The highest BCUT2D eigenvalue weighted by atomic mass is 35.5. The van der Waals surface area contributed by atoms with Crippen LogP contribution in [0.15, 0.2) is 18.2 Å². The number of halogens is 4. The van der Waals surface area contributed by atoms with Gasteiger partial charge in [0.05, 0.1) is 11.1 Å². The zero-order valence-electron chi connectivity index (χ0n) is 9.08. The monoisotopic (exact) mass is 280 g/mol. The molecule has 0 aliphatic rings. The molecule has 0 radical (unpaired) electrons. The van der Waals surface area contributed by atoms with Crippen LogP contribution in [-0.4, -0.2) is 16.9 Å². The molecule has 0 aliphatic carbocycles. The maximum atomic E-state index is 12.8. The molecule has 0 heterocycles. The maximum absolute atomic E-state index is 12.8. The molecular formula is C11H8ClF3O3. The standard InChI is InChI=1S/C11H8ClF3O3/c1-5(16)9(12)8-6(10(17)18)3-2-4-7(8)11(13,14)15/h2-4,9H,1H3,(H,17,18). The Kier molecular flexibility index (Phi) is 4.01. The minimum Gasteiger partial charge on any atom is -0.478 e. The molecule has 1 unspecified atom stereocenters. The van der Waals surface area contributed by atoms with E-state index in [4.69, 9.17) is 16.7 Å².